The first-order valence-electron chi connectivity index (χ1n) is 19.3. The highest BCUT2D eigenvalue weighted by Crippen LogP contribution is 2.42. The molecule has 0 bridgehead atoms. The molecule has 2 aliphatic rings. The summed E-state index contributed by atoms with van der Waals surface area (Å²) in [6.07, 6.45) is -5.81. The lowest BCUT2D eigenvalue weighted by Crippen LogP contribution is -2.45. The standard InChI is InChI=1S/C22H16Cl2F6N4O.C20H16Cl2F2N4O/c23-15-3-1-2-13(18(15)24)20(35)33-12-4-6-34(7-5-12)19-17-14(22(28,29)30)8-11(21(25,26)27)9-16(17)31-10-32-19;21-15-3-1-2-13(17(15)22)20(29)27-12-4-6-28(7-5-12)19-14-8-11(23)9-16(24)18(14)25-10-26-19/h1-3,8-10,12H,4-7H2,(H,33,35);1-3,8-10,12H,4-7H2,(H,27,29). The van der Waals surface area contributed by atoms with Crippen LogP contribution in [0.1, 0.15) is 57.5 Å². The summed E-state index contributed by atoms with van der Waals surface area (Å²) in [6.45, 7) is 1.55. The Morgan fingerprint density at radius 3 is 1.64 bits per heavy atom. The third-order valence-electron chi connectivity index (χ3n) is 10.6. The van der Waals surface area contributed by atoms with Crippen LogP contribution in [-0.2, 0) is 12.4 Å². The Balaban J connectivity index is 0.000000195. The number of anilines is 2. The van der Waals surface area contributed by atoms with Crippen LogP contribution in [-0.4, -0.2) is 70.0 Å². The highest BCUT2D eigenvalue weighted by atomic mass is 35.5. The van der Waals surface area contributed by atoms with Crippen molar-refractivity contribution in [3.8, 4) is 0 Å². The average molecular weight is 975 g/mol. The number of nitrogens with zero attached hydrogens (tertiary/aromatic N) is 6. The van der Waals surface area contributed by atoms with Crippen molar-refractivity contribution < 1.29 is 44.7 Å². The highest BCUT2D eigenvalue weighted by Gasteiger charge is 2.40. The number of piperidine rings is 2. The number of hydrogen-bond donors (Lipinski definition) is 2. The highest BCUT2D eigenvalue weighted by molar-refractivity contribution is 6.44. The van der Waals surface area contributed by atoms with Crippen LogP contribution in [0, 0.1) is 11.6 Å². The van der Waals surface area contributed by atoms with Crippen molar-refractivity contribution in [2.75, 3.05) is 36.0 Å². The molecule has 0 spiro atoms. The summed E-state index contributed by atoms with van der Waals surface area (Å²) in [5.74, 6) is -1.75. The Labute approximate surface area is 378 Å². The third-order valence-corrected chi connectivity index (χ3v) is 12.3. The molecule has 336 valence electrons. The molecule has 4 aromatic carbocycles. The zero-order chi connectivity index (χ0) is 46.1. The van der Waals surface area contributed by atoms with Gasteiger partial charge in [-0.05, 0) is 68.1 Å². The molecular weight excluding hydrogens is 942 g/mol. The van der Waals surface area contributed by atoms with Gasteiger partial charge in [0.15, 0.2) is 5.82 Å². The number of carbonyl (C=O) groups is 2. The van der Waals surface area contributed by atoms with Gasteiger partial charge in [0.05, 0.1) is 53.2 Å². The second kappa shape index (κ2) is 19.0. The summed E-state index contributed by atoms with van der Waals surface area (Å²) < 4.78 is 109. The number of hydrogen-bond acceptors (Lipinski definition) is 8. The zero-order valence-corrected chi connectivity index (χ0v) is 35.8. The topological polar surface area (TPSA) is 116 Å². The molecule has 8 rings (SSSR count). The van der Waals surface area contributed by atoms with Crippen LogP contribution in [0.15, 0.2) is 73.3 Å². The van der Waals surface area contributed by atoms with Gasteiger partial charge in [0, 0.05) is 49.7 Å². The molecule has 6 aromatic rings. The van der Waals surface area contributed by atoms with Crippen LogP contribution in [0.25, 0.3) is 21.8 Å². The number of nitrogens with one attached hydrogen (secondary N) is 2. The van der Waals surface area contributed by atoms with E-state index in [2.05, 4.69) is 30.6 Å². The van der Waals surface area contributed by atoms with Gasteiger partial charge in [-0.1, -0.05) is 58.5 Å². The summed E-state index contributed by atoms with van der Waals surface area (Å²) in [5, 5.41) is 6.50. The average Bonchev–Trinajstić information content (AvgIpc) is 3.25. The van der Waals surface area contributed by atoms with Gasteiger partial charge in [-0.3, -0.25) is 9.59 Å². The Bertz CT molecular complexity index is 2730. The van der Waals surface area contributed by atoms with Crippen LogP contribution in [0.2, 0.25) is 20.1 Å². The summed E-state index contributed by atoms with van der Waals surface area (Å²) >= 11 is 24.1. The number of benzene rings is 4. The van der Waals surface area contributed by atoms with Gasteiger partial charge in [-0.25, -0.2) is 28.7 Å². The summed E-state index contributed by atoms with van der Waals surface area (Å²) in [7, 11) is 0. The van der Waals surface area contributed by atoms with Gasteiger partial charge in [-0.2, -0.15) is 26.3 Å². The number of halogens is 12. The van der Waals surface area contributed by atoms with E-state index in [0.717, 1.165) is 12.4 Å². The van der Waals surface area contributed by atoms with Crippen molar-refractivity contribution in [3.05, 3.63) is 127 Å². The predicted molar refractivity (Wildman–Crippen MR) is 227 cm³/mol. The second-order valence-corrected chi connectivity index (χ2v) is 16.3. The maximum absolute atomic E-state index is 14.0. The van der Waals surface area contributed by atoms with Crippen molar-refractivity contribution in [1.29, 1.82) is 0 Å². The lowest BCUT2D eigenvalue weighted by atomic mass is 10.0. The molecule has 4 heterocycles. The summed E-state index contributed by atoms with van der Waals surface area (Å²) in [4.78, 5) is 44.4. The van der Waals surface area contributed by atoms with Crippen molar-refractivity contribution in [2.45, 2.75) is 50.1 Å². The fourth-order valence-corrected chi connectivity index (χ4v) is 8.26. The molecule has 2 saturated heterocycles. The van der Waals surface area contributed by atoms with E-state index in [4.69, 9.17) is 46.4 Å². The fourth-order valence-electron chi connectivity index (χ4n) is 7.49. The predicted octanol–water partition coefficient (Wildman–Crippen LogP) is 11.0. The molecule has 2 N–H and O–H groups in total. The van der Waals surface area contributed by atoms with E-state index in [9.17, 15) is 44.7 Å². The summed E-state index contributed by atoms with van der Waals surface area (Å²) in [6, 6.07) is 11.9. The van der Waals surface area contributed by atoms with Gasteiger partial charge in [0.25, 0.3) is 11.8 Å². The van der Waals surface area contributed by atoms with Crippen LogP contribution < -0.4 is 20.4 Å². The number of fused-ring (bicyclic) bond motifs is 2. The maximum atomic E-state index is 14.0. The lowest BCUT2D eigenvalue weighted by Gasteiger charge is -2.34. The second-order valence-electron chi connectivity index (χ2n) is 14.8. The third kappa shape index (κ3) is 10.3. The van der Waals surface area contributed by atoms with Crippen molar-refractivity contribution in [3.63, 3.8) is 0 Å². The molecule has 2 amide bonds. The Hall–Kier alpha value is -5.30. The van der Waals surface area contributed by atoms with E-state index in [-0.39, 0.29) is 69.1 Å². The van der Waals surface area contributed by atoms with Crippen molar-refractivity contribution in [2.24, 2.45) is 0 Å². The van der Waals surface area contributed by atoms with E-state index in [1.165, 1.54) is 24.5 Å². The van der Waals surface area contributed by atoms with Crippen molar-refractivity contribution in [1.82, 2.24) is 30.6 Å². The van der Waals surface area contributed by atoms with E-state index in [1.54, 1.807) is 29.2 Å². The molecule has 0 aliphatic carbocycles. The first kappa shape index (κ1) is 46.7. The molecule has 0 atom stereocenters. The van der Waals surface area contributed by atoms with E-state index >= 15 is 0 Å². The molecule has 0 saturated carbocycles. The molecule has 0 unspecified atom stereocenters. The lowest BCUT2D eigenvalue weighted by molar-refractivity contribution is -0.142. The van der Waals surface area contributed by atoms with Gasteiger partial charge < -0.3 is 20.4 Å². The van der Waals surface area contributed by atoms with E-state index in [1.807, 2.05) is 4.90 Å². The van der Waals surface area contributed by atoms with Gasteiger partial charge in [-0.15, -0.1) is 0 Å². The minimum Gasteiger partial charge on any atom is -0.356 e. The van der Waals surface area contributed by atoms with Crippen LogP contribution in [0.3, 0.4) is 0 Å². The molecule has 22 heteroatoms. The minimum absolute atomic E-state index is 0.0598. The maximum Gasteiger partial charge on any atom is 0.417 e. The Morgan fingerprint density at radius 2 is 1.12 bits per heavy atom. The molecular formula is C42H32Cl4F8N8O2. The van der Waals surface area contributed by atoms with Gasteiger partial charge in [0.1, 0.15) is 35.6 Å². The van der Waals surface area contributed by atoms with Gasteiger partial charge >= 0.3 is 12.4 Å². The first-order valence-corrected chi connectivity index (χ1v) is 20.8. The number of rotatable bonds is 6. The van der Waals surface area contributed by atoms with Crippen LogP contribution in [0.4, 0.5) is 46.8 Å². The normalized spacial score (nSPS) is 15.2. The van der Waals surface area contributed by atoms with Gasteiger partial charge in [0.2, 0.25) is 0 Å². The molecule has 2 fully saturated rings. The largest absolute Gasteiger partial charge is 0.417 e. The first-order chi connectivity index (χ1) is 30.3. The quantitative estimate of drug-likeness (QED) is 0.159. The molecule has 2 aliphatic heterocycles. The van der Waals surface area contributed by atoms with E-state index < -0.39 is 51.9 Å². The van der Waals surface area contributed by atoms with Crippen LogP contribution >= 0.6 is 46.4 Å². The monoisotopic (exact) mass is 972 g/mol. The molecule has 64 heavy (non-hydrogen) atoms. The van der Waals surface area contributed by atoms with Crippen molar-refractivity contribution >= 4 is 91.7 Å². The zero-order valence-electron chi connectivity index (χ0n) is 32.8. The summed E-state index contributed by atoms with van der Waals surface area (Å²) in [5.41, 5.74) is -2.74. The number of alkyl halides is 6. The Morgan fingerprint density at radius 1 is 0.625 bits per heavy atom. The smallest absolute Gasteiger partial charge is 0.356 e. The Kier molecular flexibility index (Phi) is 13.9. The molecule has 2 aromatic heterocycles. The number of carbonyl (C=O) groups excluding carboxylic acids is 2. The van der Waals surface area contributed by atoms with E-state index in [0.29, 0.717) is 66.6 Å². The molecule has 10 nitrogen and oxygen atoms in total. The SMILES string of the molecule is O=C(NC1CCN(c2ncnc3c(F)cc(F)cc23)CC1)c1cccc(Cl)c1Cl.O=C(NC1CCN(c2ncnc3cc(C(F)(F)F)cc(C(F)(F)F)c23)CC1)c1cccc(Cl)c1Cl. The minimum atomic E-state index is -5.05. The molecule has 0 radical (unpaired) electrons. The number of aromatic nitrogens is 4. The van der Waals surface area contributed by atoms with Crippen LogP contribution in [0.5, 0.6) is 0 Å². The number of amides is 2. The fraction of sp³-hybridized carbons (Fsp3) is 0.286.